The number of hydrogen-bond donors (Lipinski definition) is 1. The number of carbonyl (C=O) groups is 1. The number of ether oxygens (including phenoxy) is 1. The molecule has 0 aliphatic carbocycles. The third kappa shape index (κ3) is 5.39. The molecule has 0 bridgehead atoms. The van der Waals surface area contributed by atoms with E-state index in [1.54, 1.807) is 16.8 Å². The number of nitrogens with zero attached hydrogens (tertiary/aromatic N) is 4. The summed E-state index contributed by atoms with van der Waals surface area (Å²) in [6.07, 6.45) is 3.43. The monoisotopic (exact) mass is 379 g/mol. The van der Waals surface area contributed by atoms with Gasteiger partial charge in [-0.1, -0.05) is 12.1 Å². The number of carbonyl (C=O) groups excluding carboxylic acids is 1. The second kappa shape index (κ2) is 9.12. The van der Waals surface area contributed by atoms with Crippen LogP contribution in [0.1, 0.15) is 43.1 Å². The Labute approximate surface area is 164 Å². The summed E-state index contributed by atoms with van der Waals surface area (Å²) in [5.41, 5.74) is 2.64. The molecule has 0 saturated heterocycles. The molecule has 28 heavy (non-hydrogen) atoms. The first kappa shape index (κ1) is 19.5. The summed E-state index contributed by atoms with van der Waals surface area (Å²) in [6.45, 7) is 6.04. The third-order valence-corrected chi connectivity index (χ3v) is 4.28. The van der Waals surface area contributed by atoms with Crippen LogP contribution in [0.2, 0.25) is 0 Å². The van der Waals surface area contributed by atoms with E-state index in [1.807, 2.05) is 45.0 Å². The van der Waals surface area contributed by atoms with Crippen molar-refractivity contribution in [3.05, 3.63) is 66.0 Å². The average Bonchev–Trinajstić information content (AvgIpc) is 3.22. The maximum atomic E-state index is 12.4. The zero-order chi connectivity index (χ0) is 19.9. The van der Waals surface area contributed by atoms with Crippen LogP contribution < -0.4 is 10.1 Å². The minimum atomic E-state index is -0.0866. The van der Waals surface area contributed by atoms with Gasteiger partial charge in [0.2, 0.25) is 0 Å². The van der Waals surface area contributed by atoms with Gasteiger partial charge in [-0.05, 0) is 86.0 Å². The first-order valence-electron chi connectivity index (χ1n) is 9.41. The van der Waals surface area contributed by atoms with Crippen LogP contribution in [0.5, 0.6) is 5.75 Å². The van der Waals surface area contributed by atoms with Gasteiger partial charge < -0.3 is 10.1 Å². The lowest BCUT2D eigenvalue weighted by atomic mass is 10.1. The van der Waals surface area contributed by atoms with E-state index in [0.29, 0.717) is 5.56 Å². The molecule has 1 unspecified atom stereocenters. The van der Waals surface area contributed by atoms with Gasteiger partial charge in [-0.3, -0.25) is 4.79 Å². The minimum absolute atomic E-state index is 0.0679. The van der Waals surface area contributed by atoms with E-state index in [2.05, 4.69) is 33.0 Å². The van der Waals surface area contributed by atoms with Gasteiger partial charge in [0.1, 0.15) is 12.1 Å². The molecule has 1 amide bonds. The van der Waals surface area contributed by atoms with E-state index < -0.39 is 0 Å². The van der Waals surface area contributed by atoms with Crippen LogP contribution in [0, 0.1) is 0 Å². The topological polar surface area (TPSA) is 81.9 Å². The third-order valence-electron chi connectivity index (χ3n) is 4.28. The summed E-state index contributed by atoms with van der Waals surface area (Å²) in [4.78, 5) is 12.4. The number of rotatable bonds is 8. The molecule has 0 fully saturated rings. The first-order valence-corrected chi connectivity index (χ1v) is 9.41. The highest BCUT2D eigenvalue weighted by Crippen LogP contribution is 2.15. The van der Waals surface area contributed by atoms with E-state index >= 15 is 0 Å². The lowest BCUT2D eigenvalue weighted by molar-refractivity contribution is 0.0938. The van der Waals surface area contributed by atoms with E-state index in [1.165, 1.54) is 11.9 Å². The molecular weight excluding hydrogens is 354 g/mol. The van der Waals surface area contributed by atoms with Crippen LogP contribution in [0.15, 0.2) is 54.9 Å². The number of benzene rings is 2. The number of nitrogens with one attached hydrogen (secondary N) is 1. The lowest BCUT2D eigenvalue weighted by Crippen LogP contribution is -2.32. The molecule has 0 saturated carbocycles. The summed E-state index contributed by atoms with van der Waals surface area (Å²) < 4.78 is 7.20. The van der Waals surface area contributed by atoms with Crippen molar-refractivity contribution in [2.45, 2.75) is 45.8 Å². The Morgan fingerprint density at radius 1 is 1.07 bits per heavy atom. The van der Waals surface area contributed by atoms with Crippen molar-refractivity contribution in [1.82, 2.24) is 25.5 Å². The normalized spacial score (nSPS) is 12.0. The van der Waals surface area contributed by atoms with Gasteiger partial charge >= 0.3 is 0 Å². The number of aromatic nitrogens is 4. The number of tetrazole rings is 1. The van der Waals surface area contributed by atoms with Gasteiger partial charge in [-0.2, -0.15) is 0 Å². The van der Waals surface area contributed by atoms with Gasteiger partial charge in [0, 0.05) is 11.6 Å². The highest BCUT2D eigenvalue weighted by atomic mass is 16.5. The molecule has 1 aromatic heterocycles. The fourth-order valence-electron chi connectivity index (χ4n) is 2.81. The molecule has 7 nitrogen and oxygen atoms in total. The fourth-order valence-corrected chi connectivity index (χ4v) is 2.81. The largest absolute Gasteiger partial charge is 0.491 e. The van der Waals surface area contributed by atoms with Crippen LogP contribution >= 0.6 is 0 Å². The first-order chi connectivity index (χ1) is 13.5. The van der Waals surface area contributed by atoms with Crippen LogP contribution in [0.25, 0.3) is 5.69 Å². The van der Waals surface area contributed by atoms with E-state index in [9.17, 15) is 4.79 Å². The van der Waals surface area contributed by atoms with Crippen LogP contribution in [0.4, 0.5) is 0 Å². The van der Waals surface area contributed by atoms with Crippen molar-refractivity contribution in [3.8, 4) is 11.4 Å². The Kier molecular flexibility index (Phi) is 6.37. The molecule has 0 radical (unpaired) electrons. The van der Waals surface area contributed by atoms with Crippen LogP contribution in [-0.2, 0) is 6.42 Å². The Balaban J connectivity index is 1.49. The van der Waals surface area contributed by atoms with E-state index in [4.69, 9.17) is 4.74 Å². The Hall–Kier alpha value is -3.22. The Morgan fingerprint density at radius 2 is 1.79 bits per heavy atom. The summed E-state index contributed by atoms with van der Waals surface area (Å²) in [5, 5.41) is 14.1. The zero-order valence-electron chi connectivity index (χ0n) is 16.4. The Bertz CT molecular complexity index is 874. The average molecular weight is 379 g/mol. The standard InChI is InChI=1S/C21H25N5O2/c1-15(2)28-20-12-6-17(7-13-20)5-4-16(3)23-21(27)18-8-10-19(11-9-18)26-14-22-24-25-26/h6-16H,4-5H2,1-3H3,(H,23,27). The molecule has 0 spiro atoms. The zero-order valence-corrected chi connectivity index (χ0v) is 16.4. The van der Waals surface area contributed by atoms with Crippen molar-refractivity contribution in [2.75, 3.05) is 0 Å². The van der Waals surface area contributed by atoms with Crippen molar-refractivity contribution in [3.63, 3.8) is 0 Å². The van der Waals surface area contributed by atoms with E-state index in [0.717, 1.165) is 24.3 Å². The summed E-state index contributed by atoms with van der Waals surface area (Å²) >= 11 is 0. The summed E-state index contributed by atoms with van der Waals surface area (Å²) in [5.74, 6) is 0.793. The second-order valence-electron chi connectivity index (χ2n) is 7.03. The molecular formula is C21H25N5O2. The second-order valence-corrected chi connectivity index (χ2v) is 7.03. The molecule has 7 heteroatoms. The number of aryl methyl sites for hydroxylation is 1. The predicted molar refractivity (Wildman–Crippen MR) is 107 cm³/mol. The SMILES string of the molecule is CC(CCc1ccc(OC(C)C)cc1)NC(=O)c1ccc(-n2cnnn2)cc1. The fraction of sp³-hybridized carbons (Fsp3) is 0.333. The summed E-state index contributed by atoms with van der Waals surface area (Å²) in [7, 11) is 0. The molecule has 0 aliphatic rings. The number of hydrogen-bond acceptors (Lipinski definition) is 5. The van der Waals surface area contributed by atoms with Gasteiger partial charge in [0.05, 0.1) is 11.8 Å². The Morgan fingerprint density at radius 3 is 2.39 bits per heavy atom. The van der Waals surface area contributed by atoms with Crippen molar-refractivity contribution < 1.29 is 9.53 Å². The van der Waals surface area contributed by atoms with Crippen LogP contribution in [0.3, 0.4) is 0 Å². The summed E-state index contributed by atoms with van der Waals surface area (Å²) in [6, 6.07) is 15.4. The molecule has 1 atom stereocenters. The van der Waals surface area contributed by atoms with Gasteiger partial charge in [0.15, 0.2) is 0 Å². The van der Waals surface area contributed by atoms with Crippen molar-refractivity contribution >= 4 is 5.91 Å². The van der Waals surface area contributed by atoms with Crippen molar-refractivity contribution in [2.24, 2.45) is 0 Å². The lowest BCUT2D eigenvalue weighted by Gasteiger charge is -2.15. The molecule has 2 aromatic carbocycles. The molecule has 3 aromatic rings. The molecule has 146 valence electrons. The highest BCUT2D eigenvalue weighted by molar-refractivity contribution is 5.94. The smallest absolute Gasteiger partial charge is 0.251 e. The maximum absolute atomic E-state index is 12.4. The minimum Gasteiger partial charge on any atom is -0.491 e. The van der Waals surface area contributed by atoms with Gasteiger partial charge in [0.25, 0.3) is 5.91 Å². The predicted octanol–water partition coefficient (Wildman–Crippen LogP) is 3.20. The molecule has 1 N–H and O–H groups in total. The van der Waals surface area contributed by atoms with E-state index in [-0.39, 0.29) is 18.1 Å². The molecule has 3 rings (SSSR count). The van der Waals surface area contributed by atoms with Gasteiger partial charge in [-0.25, -0.2) is 4.68 Å². The quantitative estimate of drug-likeness (QED) is 0.650. The molecule has 0 aliphatic heterocycles. The number of amides is 1. The van der Waals surface area contributed by atoms with Gasteiger partial charge in [-0.15, -0.1) is 5.10 Å². The van der Waals surface area contributed by atoms with Crippen LogP contribution in [-0.4, -0.2) is 38.3 Å². The highest BCUT2D eigenvalue weighted by Gasteiger charge is 2.10. The van der Waals surface area contributed by atoms with Crippen molar-refractivity contribution in [1.29, 1.82) is 0 Å². The maximum Gasteiger partial charge on any atom is 0.251 e. The molecule has 1 heterocycles.